The molecular weight excluding hydrogens is 430 g/mol. The van der Waals surface area contributed by atoms with Crippen molar-refractivity contribution in [3.63, 3.8) is 0 Å². The molecule has 3 nitrogen and oxygen atoms in total. The monoisotopic (exact) mass is 430 g/mol. The molecule has 0 spiro atoms. The van der Waals surface area contributed by atoms with Crippen LogP contribution >= 0.6 is 0 Å². The molecule has 25 heavy (non-hydrogen) atoms. The molecule has 1 fully saturated rings. The molecule has 0 unspecified atom stereocenters. The lowest BCUT2D eigenvalue weighted by atomic mass is 9.81. The molecule has 1 aliphatic carbocycles. The van der Waals surface area contributed by atoms with E-state index in [1.54, 1.807) is 0 Å². The molecule has 0 aliphatic heterocycles. The molecule has 1 aliphatic rings. The first-order valence-electron chi connectivity index (χ1n) is 5.05. The third kappa shape index (κ3) is 2.18. The van der Waals surface area contributed by atoms with Gasteiger partial charge in [0.25, 0.3) is 0 Å². The molecule has 1 saturated carbocycles. The highest BCUT2D eigenvalue weighted by Gasteiger charge is 3.04. The molecule has 0 radical (unpaired) electrons. The van der Waals surface area contributed by atoms with E-state index in [9.17, 15) is 69.9 Å². The minimum Gasteiger partial charge on any atom is -0.209 e. The average Bonchev–Trinajstić information content (AvgIpc) is 2.31. The third-order valence-electron chi connectivity index (χ3n) is 2.93. The molecule has 0 amide bonds. The minimum atomic E-state index is -8.43. The van der Waals surface area contributed by atoms with Crippen molar-refractivity contribution >= 4 is 10.1 Å². The maximum Gasteiger partial charge on any atom is 0.537 e. The molecule has 0 bridgehead atoms. The van der Waals surface area contributed by atoms with Crippen LogP contribution in [0.5, 0.6) is 0 Å². The molecule has 0 saturated heterocycles. The number of hydrogen-bond donors (Lipinski definition) is 0. The number of halogens is 14. The lowest BCUT2D eigenvalue weighted by molar-refractivity contribution is -0.471. The Balaban J connectivity index is 3.97. The van der Waals surface area contributed by atoms with E-state index in [1.165, 1.54) is 4.18 Å². The van der Waals surface area contributed by atoms with Crippen LogP contribution in [0.25, 0.3) is 0 Å². The first kappa shape index (κ1) is 22.0. The highest BCUT2D eigenvalue weighted by Crippen LogP contribution is 2.70. The van der Waals surface area contributed by atoms with E-state index >= 15 is 0 Å². The van der Waals surface area contributed by atoms with E-state index < -0.39 is 51.1 Å². The fourth-order valence-electron chi connectivity index (χ4n) is 1.69. The van der Waals surface area contributed by atoms with Crippen LogP contribution in [0, 0.1) is 0 Å². The maximum atomic E-state index is 13.8. The summed E-state index contributed by atoms with van der Waals surface area (Å²) in [6, 6.07) is 0. The molecule has 0 aromatic rings. The zero-order chi connectivity index (χ0) is 20.7. The topological polar surface area (TPSA) is 43.4 Å². The van der Waals surface area contributed by atoms with E-state index in [2.05, 4.69) is 0 Å². The molecule has 150 valence electrons. The van der Waals surface area contributed by atoms with Crippen LogP contribution in [0.2, 0.25) is 0 Å². The Morgan fingerprint density at radius 3 is 1.04 bits per heavy atom. The van der Waals surface area contributed by atoms with Crippen molar-refractivity contribution in [3.8, 4) is 0 Å². The largest absolute Gasteiger partial charge is 0.537 e. The van der Waals surface area contributed by atoms with Crippen molar-refractivity contribution in [1.29, 1.82) is 0 Å². The van der Waals surface area contributed by atoms with Crippen LogP contribution in [-0.2, 0) is 14.3 Å². The van der Waals surface area contributed by atoms with Gasteiger partial charge in [0.1, 0.15) is 0 Å². The highest BCUT2D eigenvalue weighted by atomic mass is 32.2. The third-order valence-corrected chi connectivity index (χ3v) is 4.54. The summed E-state index contributed by atoms with van der Waals surface area (Å²) >= 11 is 0. The van der Waals surface area contributed by atoms with E-state index in [4.69, 9.17) is 0 Å². The Morgan fingerprint density at radius 1 is 0.560 bits per heavy atom. The van der Waals surface area contributed by atoms with Crippen LogP contribution in [0.4, 0.5) is 61.5 Å². The Bertz CT molecular complexity index is 630. The Kier molecular flexibility index (Phi) is 4.22. The Labute approximate surface area is 126 Å². The van der Waals surface area contributed by atoms with Crippen LogP contribution in [-0.4, -0.2) is 49.4 Å². The summed E-state index contributed by atoms with van der Waals surface area (Å²) in [6.07, 6.45) is -6.84. The molecule has 0 aromatic heterocycles. The van der Waals surface area contributed by atoms with Gasteiger partial charge in [-0.05, 0) is 0 Å². The quantitative estimate of drug-likeness (QED) is 0.496. The smallest absolute Gasteiger partial charge is 0.209 e. The number of rotatable bonds is 2. The van der Waals surface area contributed by atoms with Gasteiger partial charge in [-0.2, -0.15) is 56.5 Å². The number of alkyl halides is 14. The van der Waals surface area contributed by atoms with E-state index in [1.807, 2.05) is 0 Å². The molecule has 18 heteroatoms. The Morgan fingerprint density at radius 2 is 0.800 bits per heavy atom. The summed E-state index contributed by atoms with van der Waals surface area (Å²) in [6.45, 7) is 0. The fraction of sp³-hybridized carbons (Fsp3) is 1.00. The van der Waals surface area contributed by atoms with E-state index in [0.29, 0.717) is 0 Å². The zero-order valence-electron chi connectivity index (χ0n) is 10.4. The molecule has 0 N–H and O–H groups in total. The summed E-state index contributed by atoms with van der Waals surface area (Å²) < 4.78 is 202. The molecule has 1 rings (SSSR count). The molecule has 0 heterocycles. The van der Waals surface area contributed by atoms with Gasteiger partial charge in [0, 0.05) is 0 Å². The van der Waals surface area contributed by atoms with Crippen molar-refractivity contribution in [2.75, 3.05) is 0 Å². The van der Waals surface area contributed by atoms with Crippen LogP contribution in [0.3, 0.4) is 0 Å². The second-order valence-electron chi connectivity index (χ2n) is 4.45. The maximum absolute atomic E-state index is 13.8. The van der Waals surface area contributed by atoms with Gasteiger partial charge in [0.05, 0.1) is 0 Å². The van der Waals surface area contributed by atoms with Crippen molar-refractivity contribution in [2.45, 2.75) is 41.0 Å². The van der Waals surface area contributed by atoms with Gasteiger partial charge in [-0.15, -0.1) is 13.2 Å². The van der Waals surface area contributed by atoms with Crippen molar-refractivity contribution < 1.29 is 74.1 Å². The SMILES string of the molecule is O=S(=O)(OC(F)(F)F)C1(F)C(F)(F)C(F)(F)C(F)(F)C(F)(F)C1(F)F. The van der Waals surface area contributed by atoms with Gasteiger partial charge >= 0.3 is 51.1 Å². The van der Waals surface area contributed by atoms with E-state index in [0.717, 1.165) is 0 Å². The van der Waals surface area contributed by atoms with Gasteiger partial charge in [0.2, 0.25) is 0 Å². The molecular formula is C7F14O3S. The van der Waals surface area contributed by atoms with Crippen molar-refractivity contribution in [2.24, 2.45) is 0 Å². The predicted molar refractivity (Wildman–Crippen MR) is 44.6 cm³/mol. The second-order valence-corrected chi connectivity index (χ2v) is 6.09. The highest BCUT2D eigenvalue weighted by molar-refractivity contribution is 7.88. The van der Waals surface area contributed by atoms with Gasteiger partial charge < -0.3 is 0 Å². The Hall–Kier alpha value is -1.07. The predicted octanol–water partition coefficient (Wildman–Crippen LogP) is 3.71. The van der Waals surface area contributed by atoms with Gasteiger partial charge in [-0.25, -0.2) is 4.39 Å². The van der Waals surface area contributed by atoms with Crippen LogP contribution in [0.1, 0.15) is 0 Å². The fourth-order valence-corrected chi connectivity index (χ4v) is 2.94. The summed E-state index contributed by atoms with van der Waals surface area (Å²) in [5.74, 6) is -39.5. The lowest BCUT2D eigenvalue weighted by Gasteiger charge is -2.51. The second kappa shape index (κ2) is 4.80. The van der Waals surface area contributed by atoms with Crippen molar-refractivity contribution in [1.82, 2.24) is 0 Å². The van der Waals surface area contributed by atoms with E-state index in [-0.39, 0.29) is 0 Å². The van der Waals surface area contributed by atoms with Gasteiger partial charge in [-0.3, -0.25) is 0 Å². The van der Waals surface area contributed by atoms with Gasteiger partial charge in [-0.1, -0.05) is 0 Å². The van der Waals surface area contributed by atoms with Crippen LogP contribution < -0.4 is 0 Å². The molecule has 0 aromatic carbocycles. The summed E-state index contributed by atoms with van der Waals surface area (Å²) in [5, 5.41) is -7.92. The number of hydrogen-bond acceptors (Lipinski definition) is 3. The van der Waals surface area contributed by atoms with Gasteiger partial charge in [0.15, 0.2) is 0 Å². The summed E-state index contributed by atoms with van der Waals surface area (Å²) in [5.41, 5.74) is 0. The summed E-state index contributed by atoms with van der Waals surface area (Å²) in [4.78, 5) is 0. The van der Waals surface area contributed by atoms with Crippen LogP contribution in [0.15, 0.2) is 0 Å². The zero-order valence-corrected chi connectivity index (χ0v) is 11.2. The minimum absolute atomic E-state index is 1.52. The lowest BCUT2D eigenvalue weighted by Crippen LogP contribution is -2.85. The first-order valence-corrected chi connectivity index (χ1v) is 6.46. The standard InChI is InChI=1S/C7F14O3S/c8-1(9)2(10,11)4(14,15)6(18,5(16,17)3(1,12)13)25(22,23)24-7(19,20)21. The first-order chi connectivity index (χ1) is 10.5. The normalized spacial score (nSPS) is 29.2. The van der Waals surface area contributed by atoms with Crippen molar-refractivity contribution in [3.05, 3.63) is 0 Å². The summed E-state index contributed by atoms with van der Waals surface area (Å²) in [7, 11) is -8.43. The molecule has 0 atom stereocenters. The average molecular weight is 430 g/mol.